The Bertz CT molecular complexity index is 943. The monoisotopic (exact) mass is 392 g/mol. The fraction of sp³-hybridized carbons (Fsp3) is 0.118. The number of benzene rings is 2. The van der Waals surface area contributed by atoms with E-state index in [1.165, 1.54) is 30.2 Å². The summed E-state index contributed by atoms with van der Waals surface area (Å²) in [6.07, 6.45) is 0. The number of hydrogen-bond acceptors (Lipinski definition) is 6. The number of thiazole rings is 1. The van der Waals surface area contributed by atoms with Gasteiger partial charge in [-0.1, -0.05) is 29.4 Å². The number of anilines is 1. The smallest absolute Gasteiger partial charge is 0.337 e. The average molecular weight is 393 g/mol. The van der Waals surface area contributed by atoms with Crippen LogP contribution in [0.25, 0.3) is 10.2 Å². The minimum absolute atomic E-state index is 0.177. The molecule has 1 heterocycles. The van der Waals surface area contributed by atoms with Crippen molar-refractivity contribution in [3.63, 3.8) is 0 Å². The Kier molecular flexibility index (Phi) is 5.57. The van der Waals surface area contributed by atoms with Gasteiger partial charge in [-0.25, -0.2) is 9.78 Å². The van der Waals surface area contributed by atoms with Gasteiger partial charge >= 0.3 is 5.97 Å². The molecule has 0 aliphatic heterocycles. The van der Waals surface area contributed by atoms with Crippen LogP contribution in [-0.2, 0) is 9.53 Å². The maximum absolute atomic E-state index is 12.1. The lowest BCUT2D eigenvalue weighted by Gasteiger charge is -2.06. The van der Waals surface area contributed by atoms with Crippen LogP contribution in [0.1, 0.15) is 10.4 Å². The molecule has 0 atom stereocenters. The van der Waals surface area contributed by atoms with E-state index in [2.05, 4.69) is 15.0 Å². The number of fused-ring (bicyclic) bond motifs is 1. The second-order valence-electron chi connectivity index (χ2n) is 5.00. The summed E-state index contributed by atoms with van der Waals surface area (Å²) >= 11 is 8.82. The summed E-state index contributed by atoms with van der Waals surface area (Å²) in [6, 6.07) is 12.1. The second-order valence-corrected chi connectivity index (χ2v) is 7.69. The first kappa shape index (κ1) is 17.7. The summed E-state index contributed by atoms with van der Waals surface area (Å²) in [5.41, 5.74) is 1.76. The zero-order chi connectivity index (χ0) is 17.8. The molecule has 0 saturated heterocycles. The maximum atomic E-state index is 12.1. The van der Waals surface area contributed by atoms with Crippen LogP contribution in [0.3, 0.4) is 0 Å². The van der Waals surface area contributed by atoms with Crippen LogP contribution in [0.2, 0.25) is 5.02 Å². The summed E-state index contributed by atoms with van der Waals surface area (Å²) in [6.45, 7) is 0. The molecule has 128 valence electrons. The number of aromatic nitrogens is 1. The van der Waals surface area contributed by atoms with Crippen molar-refractivity contribution in [2.24, 2.45) is 0 Å². The third-order valence-corrected chi connectivity index (χ3v) is 5.64. The average Bonchev–Trinajstić information content (AvgIpc) is 3.01. The van der Waals surface area contributed by atoms with E-state index in [4.69, 9.17) is 11.6 Å². The number of nitrogens with zero attached hydrogens (tertiary/aromatic N) is 1. The van der Waals surface area contributed by atoms with Gasteiger partial charge in [0.25, 0.3) is 0 Å². The van der Waals surface area contributed by atoms with Gasteiger partial charge in [0.1, 0.15) is 0 Å². The molecule has 0 aliphatic carbocycles. The number of carbonyl (C=O) groups is 2. The number of methoxy groups -OCH3 is 1. The minimum Gasteiger partial charge on any atom is -0.465 e. The highest BCUT2D eigenvalue weighted by atomic mass is 35.5. The summed E-state index contributed by atoms with van der Waals surface area (Å²) in [4.78, 5) is 28.1. The van der Waals surface area contributed by atoms with Crippen molar-refractivity contribution in [3.05, 3.63) is 53.1 Å². The molecule has 0 saturated carbocycles. The SMILES string of the molecule is COC(=O)c1cccc(NC(=O)CSc2nc3cc(Cl)ccc3s2)c1. The highest BCUT2D eigenvalue weighted by Crippen LogP contribution is 2.31. The summed E-state index contributed by atoms with van der Waals surface area (Å²) in [7, 11) is 1.31. The molecule has 0 radical (unpaired) electrons. The van der Waals surface area contributed by atoms with E-state index >= 15 is 0 Å². The molecule has 0 fully saturated rings. The molecule has 3 aromatic rings. The van der Waals surface area contributed by atoms with Gasteiger partial charge in [-0.05, 0) is 36.4 Å². The Balaban J connectivity index is 1.61. The molecule has 2 aromatic carbocycles. The molecule has 1 amide bonds. The van der Waals surface area contributed by atoms with Gasteiger partial charge < -0.3 is 10.1 Å². The number of rotatable bonds is 5. The Morgan fingerprint density at radius 1 is 1.28 bits per heavy atom. The number of ether oxygens (including phenoxy) is 1. The van der Waals surface area contributed by atoms with E-state index in [1.54, 1.807) is 30.3 Å². The second kappa shape index (κ2) is 7.86. The van der Waals surface area contributed by atoms with Gasteiger partial charge in [-0.3, -0.25) is 4.79 Å². The summed E-state index contributed by atoms with van der Waals surface area (Å²) < 4.78 is 6.49. The third kappa shape index (κ3) is 4.50. The first-order chi connectivity index (χ1) is 12.0. The van der Waals surface area contributed by atoms with E-state index in [0.29, 0.717) is 16.3 Å². The molecule has 0 spiro atoms. The van der Waals surface area contributed by atoms with Crippen molar-refractivity contribution >= 4 is 62.5 Å². The minimum atomic E-state index is -0.446. The Morgan fingerprint density at radius 3 is 2.92 bits per heavy atom. The molecule has 1 aromatic heterocycles. The topological polar surface area (TPSA) is 68.3 Å². The van der Waals surface area contributed by atoms with E-state index in [0.717, 1.165) is 14.6 Å². The molecular formula is C17H13ClN2O3S2. The molecule has 0 aliphatic rings. The highest BCUT2D eigenvalue weighted by molar-refractivity contribution is 8.01. The predicted molar refractivity (Wildman–Crippen MR) is 102 cm³/mol. The van der Waals surface area contributed by atoms with Crippen molar-refractivity contribution < 1.29 is 14.3 Å². The van der Waals surface area contributed by atoms with Gasteiger partial charge in [0.05, 0.1) is 28.6 Å². The lowest BCUT2D eigenvalue weighted by atomic mass is 10.2. The van der Waals surface area contributed by atoms with Crippen LogP contribution in [-0.4, -0.2) is 29.7 Å². The molecule has 5 nitrogen and oxygen atoms in total. The van der Waals surface area contributed by atoms with Gasteiger partial charge in [0, 0.05) is 10.7 Å². The zero-order valence-corrected chi connectivity index (χ0v) is 15.5. The number of amides is 1. The van der Waals surface area contributed by atoms with Crippen molar-refractivity contribution in [3.8, 4) is 0 Å². The fourth-order valence-electron chi connectivity index (χ4n) is 2.11. The predicted octanol–water partition coefficient (Wildman–Crippen LogP) is 4.47. The van der Waals surface area contributed by atoms with E-state index in [1.807, 2.05) is 12.1 Å². The largest absolute Gasteiger partial charge is 0.465 e. The fourth-order valence-corrected chi connectivity index (χ4v) is 4.12. The van der Waals surface area contributed by atoms with Crippen LogP contribution in [0.5, 0.6) is 0 Å². The van der Waals surface area contributed by atoms with E-state index in [9.17, 15) is 9.59 Å². The quantitative estimate of drug-likeness (QED) is 0.512. The van der Waals surface area contributed by atoms with Gasteiger partial charge in [0.15, 0.2) is 4.34 Å². The molecular weight excluding hydrogens is 380 g/mol. The maximum Gasteiger partial charge on any atom is 0.337 e. The molecule has 8 heteroatoms. The molecule has 25 heavy (non-hydrogen) atoms. The number of hydrogen-bond donors (Lipinski definition) is 1. The van der Waals surface area contributed by atoms with Crippen molar-refractivity contribution in [1.82, 2.24) is 4.98 Å². The summed E-state index contributed by atoms with van der Waals surface area (Å²) in [5, 5.41) is 3.40. The number of carbonyl (C=O) groups excluding carboxylic acids is 2. The van der Waals surface area contributed by atoms with Gasteiger partial charge in [-0.15, -0.1) is 11.3 Å². The standard InChI is InChI=1S/C17H13ClN2O3S2/c1-23-16(22)10-3-2-4-12(7-10)19-15(21)9-24-17-20-13-8-11(18)5-6-14(13)25-17/h2-8H,9H2,1H3,(H,19,21). The highest BCUT2D eigenvalue weighted by Gasteiger charge is 2.10. The van der Waals surface area contributed by atoms with Crippen LogP contribution in [0, 0.1) is 0 Å². The number of thioether (sulfide) groups is 1. The van der Waals surface area contributed by atoms with E-state index in [-0.39, 0.29) is 11.7 Å². The molecule has 3 rings (SSSR count). The third-order valence-electron chi connectivity index (χ3n) is 3.22. The molecule has 1 N–H and O–H groups in total. The number of nitrogens with one attached hydrogen (secondary N) is 1. The van der Waals surface area contributed by atoms with Crippen molar-refractivity contribution in [2.45, 2.75) is 4.34 Å². The number of esters is 1. The van der Waals surface area contributed by atoms with Crippen LogP contribution in [0.4, 0.5) is 5.69 Å². The number of halogens is 1. The zero-order valence-electron chi connectivity index (χ0n) is 13.1. The van der Waals surface area contributed by atoms with Gasteiger partial charge in [-0.2, -0.15) is 0 Å². The van der Waals surface area contributed by atoms with Crippen molar-refractivity contribution in [1.29, 1.82) is 0 Å². The molecule has 0 bridgehead atoms. The Hall–Kier alpha value is -2.09. The van der Waals surface area contributed by atoms with Gasteiger partial charge in [0.2, 0.25) is 5.91 Å². The lowest BCUT2D eigenvalue weighted by Crippen LogP contribution is -2.14. The van der Waals surface area contributed by atoms with E-state index < -0.39 is 5.97 Å². The molecule has 0 unspecified atom stereocenters. The van der Waals surface area contributed by atoms with Crippen LogP contribution >= 0.6 is 34.7 Å². The summed E-state index contributed by atoms with van der Waals surface area (Å²) in [5.74, 6) is -0.404. The lowest BCUT2D eigenvalue weighted by molar-refractivity contribution is -0.113. The van der Waals surface area contributed by atoms with Crippen LogP contribution in [0.15, 0.2) is 46.8 Å². The Labute approximate surface area is 157 Å². The van der Waals surface area contributed by atoms with Crippen LogP contribution < -0.4 is 5.32 Å². The van der Waals surface area contributed by atoms with Crippen molar-refractivity contribution in [2.75, 3.05) is 18.2 Å². The Morgan fingerprint density at radius 2 is 2.12 bits per heavy atom. The first-order valence-electron chi connectivity index (χ1n) is 7.22. The normalized spacial score (nSPS) is 10.6. The first-order valence-corrected chi connectivity index (χ1v) is 9.40.